The molecule has 0 saturated carbocycles. The van der Waals surface area contributed by atoms with Crippen LogP contribution in [0.5, 0.6) is 5.88 Å². The highest BCUT2D eigenvalue weighted by Crippen LogP contribution is 2.23. The van der Waals surface area contributed by atoms with Gasteiger partial charge in [-0.15, -0.1) is 0 Å². The summed E-state index contributed by atoms with van der Waals surface area (Å²) in [4.78, 5) is 4.10. The van der Waals surface area contributed by atoms with E-state index in [2.05, 4.69) is 4.98 Å². The lowest BCUT2D eigenvalue weighted by molar-refractivity contribution is 0.00974. The van der Waals surface area contributed by atoms with Crippen molar-refractivity contribution in [3.63, 3.8) is 0 Å². The van der Waals surface area contributed by atoms with E-state index >= 15 is 0 Å². The number of nitrogens with two attached hydrogens (primary N) is 1. The van der Waals surface area contributed by atoms with Gasteiger partial charge in [0.2, 0.25) is 5.88 Å². The molecule has 0 bridgehead atoms. The zero-order valence-corrected chi connectivity index (χ0v) is 8.78. The maximum Gasteiger partial charge on any atom is 0.212 e. The molecule has 0 radical (unpaired) electrons. The molecule has 0 fully saturated rings. The molecule has 0 amide bonds. The van der Waals surface area contributed by atoms with Crippen LogP contribution in [-0.2, 0) is 10.3 Å². The predicted molar refractivity (Wildman–Crippen MR) is 54.2 cm³/mol. The van der Waals surface area contributed by atoms with Crippen LogP contribution in [0.25, 0.3) is 0 Å². The average Bonchev–Trinajstić information content (AvgIpc) is 2.28. The van der Waals surface area contributed by atoms with E-state index < -0.39 is 5.60 Å². The normalized spacial score (nSPS) is 14.9. The Morgan fingerprint density at radius 1 is 1.43 bits per heavy atom. The molecule has 0 saturated heterocycles. The van der Waals surface area contributed by atoms with Crippen molar-refractivity contribution in [3.05, 3.63) is 23.9 Å². The van der Waals surface area contributed by atoms with Gasteiger partial charge in [0, 0.05) is 31.5 Å². The molecule has 1 atom stereocenters. The second-order valence-corrected chi connectivity index (χ2v) is 3.23. The summed E-state index contributed by atoms with van der Waals surface area (Å²) in [5, 5.41) is 0. The van der Waals surface area contributed by atoms with Crippen molar-refractivity contribution in [2.75, 3.05) is 20.8 Å². The number of rotatable bonds is 4. The molecule has 0 spiro atoms. The van der Waals surface area contributed by atoms with Crippen molar-refractivity contribution in [1.29, 1.82) is 0 Å². The van der Waals surface area contributed by atoms with E-state index in [4.69, 9.17) is 15.2 Å². The Hall–Kier alpha value is -1.13. The number of pyridine rings is 1. The Labute approximate surface area is 84.0 Å². The third kappa shape index (κ3) is 2.02. The molecule has 1 aromatic heterocycles. The van der Waals surface area contributed by atoms with Gasteiger partial charge in [0.1, 0.15) is 5.60 Å². The summed E-state index contributed by atoms with van der Waals surface area (Å²) < 4.78 is 10.3. The first-order valence-electron chi connectivity index (χ1n) is 4.42. The highest BCUT2D eigenvalue weighted by atomic mass is 16.5. The molecule has 1 rings (SSSR count). The Bertz CT molecular complexity index is 281. The van der Waals surface area contributed by atoms with Crippen molar-refractivity contribution in [2.24, 2.45) is 5.73 Å². The number of methoxy groups -OCH3 is 2. The molecule has 1 heterocycles. The molecule has 1 unspecified atom stereocenters. The molecular weight excluding hydrogens is 180 g/mol. The summed E-state index contributed by atoms with van der Waals surface area (Å²) in [6.07, 6.45) is 1.72. The molecule has 0 aliphatic carbocycles. The minimum absolute atomic E-state index is 0.414. The van der Waals surface area contributed by atoms with Crippen LogP contribution in [0.2, 0.25) is 0 Å². The molecular formula is C10H16N2O2. The second kappa shape index (κ2) is 4.39. The van der Waals surface area contributed by atoms with Crippen molar-refractivity contribution in [2.45, 2.75) is 12.5 Å². The highest BCUT2D eigenvalue weighted by molar-refractivity contribution is 5.23. The van der Waals surface area contributed by atoms with E-state index in [1.54, 1.807) is 26.5 Å². The topological polar surface area (TPSA) is 57.4 Å². The first-order chi connectivity index (χ1) is 6.66. The van der Waals surface area contributed by atoms with E-state index in [9.17, 15) is 0 Å². The molecule has 1 aromatic rings. The van der Waals surface area contributed by atoms with Gasteiger partial charge in [-0.05, 0) is 13.0 Å². The molecule has 4 nitrogen and oxygen atoms in total. The van der Waals surface area contributed by atoms with Crippen LogP contribution in [0.1, 0.15) is 12.5 Å². The third-order valence-corrected chi connectivity index (χ3v) is 2.40. The fourth-order valence-corrected chi connectivity index (χ4v) is 1.13. The monoisotopic (exact) mass is 196 g/mol. The van der Waals surface area contributed by atoms with Gasteiger partial charge in [-0.25, -0.2) is 4.98 Å². The van der Waals surface area contributed by atoms with E-state index in [-0.39, 0.29) is 0 Å². The van der Waals surface area contributed by atoms with Crippen molar-refractivity contribution < 1.29 is 9.47 Å². The van der Waals surface area contributed by atoms with E-state index in [1.165, 1.54) is 0 Å². The fraction of sp³-hybridized carbons (Fsp3) is 0.500. The van der Waals surface area contributed by atoms with E-state index in [0.717, 1.165) is 5.56 Å². The first-order valence-corrected chi connectivity index (χ1v) is 4.42. The fourth-order valence-electron chi connectivity index (χ4n) is 1.13. The largest absolute Gasteiger partial charge is 0.481 e. The van der Waals surface area contributed by atoms with Crippen LogP contribution in [0.3, 0.4) is 0 Å². The van der Waals surface area contributed by atoms with Gasteiger partial charge in [0.15, 0.2) is 0 Å². The van der Waals surface area contributed by atoms with Crippen molar-refractivity contribution in [3.8, 4) is 5.88 Å². The number of ether oxygens (including phenoxy) is 2. The Morgan fingerprint density at radius 2 is 2.14 bits per heavy atom. The number of hydrogen-bond acceptors (Lipinski definition) is 4. The maximum atomic E-state index is 5.64. The van der Waals surface area contributed by atoms with Crippen LogP contribution in [0.4, 0.5) is 0 Å². The number of hydrogen-bond donors (Lipinski definition) is 1. The SMILES string of the molecule is COc1ccc(C(C)(CN)OC)cn1. The van der Waals surface area contributed by atoms with Crippen molar-refractivity contribution >= 4 is 0 Å². The lowest BCUT2D eigenvalue weighted by Gasteiger charge is -2.26. The summed E-state index contributed by atoms with van der Waals surface area (Å²) in [6.45, 7) is 2.34. The Balaban J connectivity index is 2.95. The Morgan fingerprint density at radius 3 is 2.50 bits per heavy atom. The maximum absolute atomic E-state index is 5.64. The first kappa shape index (κ1) is 10.9. The summed E-state index contributed by atoms with van der Waals surface area (Å²) in [5.74, 6) is 0.587. The standard InChI is InChI=1S/C10H16N2O2/c1-10(7-11,14-3)8-4-5-9(13-2)12-6-8/h4-6H,7,11H2,1-3H3. The lowest BCUT2D eigenvalue weighted by atomic mass is 9.98. The molecule has 0 aliphatic rings. The zero-order valence-electron chi connectivity index (χ0n) is 8.78. The molecule has 0 aromatic carbocycles. The van der Waals surface area contributed by atoms with Gasteiger partial charge in [-0.3, -0.25) is 0 Å². The lowest BCUT2D eigenvalue weighted by Crippen LogP contribution is -2.33. The summed E-state index contributed by atoms with van der Waals surface area (Å²) in [7, 11) is 3.22. The third-order valence-electron chi connectivity index (χ3n) is 2.40. The molecule has 78 valence electrons. The summed E-state index contributed by atoms with van der Waals surface area (Å²) in [6, 6.07) is 3.70. The van der Waals surface area contributed by atoms with Crippen LogP contribution in [0, 0.1) is 0 Å². The average molecular weight is 196 g/mol. The van der Waals surface area contributed by atoms with Gasteiger partial charge < -0.3 is 15.2 Å². The zero-order chi connectivity index (χ0) is 10.6. The van der Waals surface area contributed by atoms with Crippen LogP contribution >= 0.6 is 0 Å². The van der Waals surface area contributed by atoms with Crippen molar-refractivity contribution in [1.82, 2.24) is 4.98 Å². The van der Waals surface area contributed by atoms with Crippen LogP contribution in [-0.4, -0.2) is 25.7 Å². The number of aromatic nitrogens is 1. The van der Waals surface area contributed by atoms with E-state index in [0.29, 0.717) is 12.4 Å². The predicted octanol–water partition coefficient (Wildman–Crippen LogP) is 0.911. The molecule has 2 N–H and O–H groups in total. The van der Waals surface area contributed by atoms with Crippen LogP contribution < -0.4 is 10.5 Å². The van der Waals surface area contributed by atoms with Gasteiger partial charge in [-0.1, -0.05) is 0 Å². The summed E-state index contributed by atoms with van der Waals surface area (Å²) in [5.41, 5.74) is 6.11. The molecule has 4 heteroatoms. The smallest absolute Gasteiger partial charge is 0.212 e. The highest BCUT2D eigenvalue weighted by Gasteiger charge is 2.24. The molecule has 0 aliphatic heterocycles. The summed E-state index contributed by atoms with van der Waals surface area (Å²) >= 11 is 0. The minimum Gasteiger partial charge on any atom is -0.481 e. The van der Waals surface area contributed by atoms with E-state index in [1.807, 2.05) is 13.0 Å². The van der Waals surface area contributed by atoms with Gasteiger partial charge in [-0.2, -0.15) is 0 Å². The van der Waals surface area contributed by atoms with Gasteiger partial charge in [0.05, 0.1) is 7.11 Å². The van der Waals surface area contributed by atoms with Crippen LogP contribution in [0.15, 0.2) is 18.3 Å². The van der Waals surface area contributed by atoms with Gasteiger partial charge >= 0.3 is 0 Å². The molecule has 14 heavy (non-hydrogen) atoms. The van der Waals surface area contributed by atoms with Gasteiger partial charge in [0.25, 0.3) is 0 Å². The Kier molecular flexibility index (Phi) is 3.43. The second-order valence-electron chi connectivity index (χ2n) is 3.23. The number of nitrogens with zero attached hydrogens (tertiary/aromatic N) is 1. The quantitative estimate of drug-likeness (QED) is 0.777. The minimum atomic E-state index is -0.473.